The summed E-state index contributed by atoms with van der Waals surface area (Å²) in [6.07, 6.45) is 6.75. The van der Waals surface area contributed by atoms with Crippen LogP contribution in [0.3, 0.4) is 0 Å². The van der Waals surface area contributed by atoms with Crippen LogP contribution in [0.25, 0.3) is 0 Å². The van der Waals surface area contributed by atoms with Gasteiger partial charge >= 0.3 is 0 Å². The number of fused-ring (bicyclic) bond motifs is 2. The molecule has 2 unspecified atom stereocenters. The fourth-order valence-electron chi connectivity index (χ4n) is 3.43. The van der Waals surface area contributed by atoms with Crippen LogP contribution in [0.5, 0.6) is 0 Å². The summed E-state index contributed by atoms with van der Waals surface area (Å²) in [5.74, 6) is 0. The molecule has 0 radical (unpaired) electrons. The van der Waals surface area contributed by atoms with E-state index in [9.17, 15) is 0 Å². The molecule has 1 aromatic rings. The first-order chi connectivity index (χ1) is 8.33. The van der Waals surface area contributed by atoms with Gasteiger partial charge in [0.2, 0.25) is 0 Å². The molecule has 0 saturated carbocycles. The van der Waals surface area contributed by atoms with Gasteiger partial charge in [-0.15, -0.1) is 11.3 Å². The Labute approximate surface area is 108 Å². The molecule has 1 N–H and O–H groups in total. The molecule has 2 saturated heterocycles. The van der Waals surface area contributed by atoms with Crippen LogP contribution in [0.4, 0.5) is 0 Å². The Morgan fingerprint density at radius 2 is 2.12 bits per heavy atom. The third kappa shape index (κ3) is 2.56. The van der Waals surface area contributed by atoms with Gasteiger partial charge in [-0.3, -0.25) is 0 Å². The number of thiophene rings is 1. The Hall–Kier alpha value is -0.380. The largest absolute Gasteiger partial charge is 0.314 e. The van der Waals surface area contributed by atoms with Gasteiger partial charge in [-0.1, -0.05) is 6.07 Å². The first kappa shape index (κ1) is 11.7. The van der Waals surface area contributed by atoms with E-state index in [4.69, 9.17) is 0 Å². The molecule has 94 valence electrons. The van der Waals surface area contributed by atoms with E-state index in [0.29, 0.717) is 0 Å². The van der Waals surface area contributed by atoms with Crippen LogP contribution in [0.1, 0.15) is 30.6 Å². The van der Waals surface area contributed by atoms with E-state index in [1.807, 2.05) is 11.3 Å². The summed E-state index contributed by atoms with van der Waals surface area (Å²) < 4.78 is 0. The van der Waals surface area contributed by atoms with Crippen molar-refractivity contribution in [2.24, 2.45) is 0 Å². The number of piperidine rings is 1. The Morgan fingerprint density at radius 3 is 2.76 bits per heavy atom. The minimum Gasteiger partial charge on any atom is -0.314 e. The van der Waals surface area contributed by atoms with Crippen molar-refractivity contribution in [1.82, 2.24) is 10.2 Å². The molecule has 2 atom stereocenters. The molecule has 2 aliphatic heterocycles. The second-order valence-corrected chi connectivity index (χ2v) is 6.53. The molecule has 17 heavy (non-hydrogen) atoms. The number of nitrogens with one attached hydrogen (secondary N) is 1. The lowest BCUT2D eigenvalue weighted by molar-refractivity contribution is 0.149. The Kier molecular flexibility index (Phi) is 3.50. The van der Waals surface area contributed by atoms with Crippen molar-refractivity contribution in [3.05, 3.63) is 22.4 Å². The monoisotopic (exact) mass is 250 g/mol. The van der Waals surface area contributed by atoms with Crippen molar-refractivity contribution < 1.29 is 0 Å². The molecular formula is C14H22N2S. The summed E-state index contributed by atoms with van der Waals surface area (Å²) in [6.45, 7) is 1.15. The fraction of sp³-hybridized carbons (Fsp3) is 0.714. The maximum absolute atomic E-state index is 3.76. The van der Waals surface area contributed by atoms with Crippen LogP contribution in [0, 0.1) is 0 Å². The van der Waals surface area contributed by atoms with Gasteiger partial charge in [0.1, 0.15) is 0 Å². The standard InChI is InChI=1S/C14H22N2S/c1-16-12-4-5-13(16)10-11(9-12)15-7-6-14-3-2-8-17-14/h2-3,8,11-13,15H,4-7,9-10H2,1H3. The number of hydrogen-bond donors (Lipinski definition) is 1. The number of hydrogen-bond acceptors (Lipinski definition) is 3. The van der Waals surface area contributed by atoms with Crippen LogP contribution >= 0.6 is 11.3 Å². The van der Waals surface area contributed by atoms with E-state index >= 15 is 0 Å². The highest BCUT2D eigenvalue weighted by atomic mass is 32.1. The molecule has 3 heteroatoms. The summed E-state index contributed by atoms with van der Waals surface area (Å²) in [4.78, 5) is 4.12. The summed E-state index contributed by atoms with van der Waals surface area (Å²) in [5, 5.41) is 5.93. The van der Waals surface area contributed by atoms with E-state index in [1.165, 1.54) is 37.0 Å². The molecular weight excluding hydrogens is 228 g/mol. The first-order valence-corrected chi connectivity index (χ1v) is 7.68. The highest BCUT2D eigenvalue weighted by Crippen LogP contribution is 2.34. The SMILES string of the molecule is CN1C2CCC1CC(NCCc1cccs1)C2. The molecule has 2 bridgehead atoms. The van der Waals surface area contributed by atoms with Gasteiger partial charge in [-0.25, -0.2) is 0 Å². The van der Waals surface area contributed by atoms with Crippen molar-refractivity contribution in [3.8, 4) is 0 Å². The average molecular weight is 250 g/mol. The molecule has 3 rings (SSSR count). The summed E-state index contributed by atoms with van der Waals surface area (Å²) in [7, 11) is 2.31. The lowest BCUT2D eigenvalue weighted by Gasteiger charge is -2.36. The molecule has 2 fully saturated rings. The van der Waals surface area contributed by atoms with Gasteiger partial charge in [0.05, 0.1) is 0 Å². The predicted molar refractivity (Wildman–Crippen MR) is 73.6 cm³/mol. The summed E-state index contributed by atoms with van der Waals surface area (Å²) in [6, 6.07) is 6.87. The smallest absolute Gasteiger partial charge is 0.0111 e. The van der Waals surface area contributed by atoms with Gasteiger partial charge in [-0.05, 0) is 50.6 Å². The molecule has 3 heterocycles. The zero-order valence-corrected chi connectivity index (χ0v) is 11.4. The van der Waals surface area contributed by atoms with E-state index < -0.39 is 0 Å². The van der Waals surface area contributed by atoms with Crippen molar-refractivity contribution >= 4 is 11.3 Å². The van der Waals surface area contributed by atoms with Crippen LogP contribution in [0.2, 0.25) is 0 Å². The summed E-state index contributed by atoms with van der Waals surface area (Å²) in [5.41, 5.74) is 0. The van der Waals surface area contributed by atoms with Gasteiger partial charge in [0, 0.05) is 29.5 Å². The van der Waals surface area contributed by atoms with Crippen molar-refractivity contribution in [1.29, 1.82) is 0 Å². The Balaban J connectivity index is 1.44. The van der Waals surface area contributed by atoms with E-state index in [1.54, 1.807) is 0 Å². The normalized spacial score (nSPS) is 33.1. The molecule has 1 aromatic heterocycles. The molecule has 0 aromatic carbocycles. The molecule has 2 nitrogen and oxygen atoms in total. The molecule has 2 aliphatic rings. The van der Waals surface area contributed by atoms with Gasteiger partial charge in [-0.2, -0.15) is 0 Å². The summed E-state index contributed by atoms with van der Waals surface area (Å²) >= 11 is 1.88. The highest BCUT2D eigenvalue weighted by molar-refractivity contribution is 7.09. The lowest BCUT2D eigenvalue weighted by Crippen LogP contribution is -2.47. The number of nitrogens with zero attached hydrogens (tertiary/aromatic N) is 1. The lowest BCUT2D eigenvalue weighted by atomic mass is 9.98. The highest BCUT2D eigenvalue weighted by Gasteiger charge is 2.37. The average Bonchev–Trinajstić information content (AvgIpc) is 2.87. The van der Waals surface area contributed by atoms with E-state index in [-0.39, 0.29) is 0 Å². The Morgan fingerprint density at radius 1 is 1.35 bits per heavy atom. The maximum atomic E-state index is 3.76. The van der Waals surface area contributed by atoms with E-state index in [2.05, 4.69) is 34.8 Å². The quantitative estimate of drug-likeness (QED) is 0.883. The van der Waals surface area contributed by atoms with Gasteiger partial charge in [0.15, 0.2) is 0 Å². The fourth-order valence-corrected chi connectivity index (χ4v) is 4.14. The third-order valence-corrected chi connectivity index (χ3v) is 5.42. The van der Waals surface area contributed by atoms with Crippen molar-refractivity contribution in [2.75, 3.05) is 13.6 Å². The molecule has 0 amide bonds. The Bertz CT molecular complexity index is 335. The van der Waals surface area contributed by atoms with Crippen LogP contribution in [0.15, 0.2) is 17.5 Å². The van der Waals surface area contributed by atoms with Crippen LogP contribution in [-0.4, -0.2) is 36.6 Å². The first-order valence-electron chi connectivity index (χ1n) is 6.80. The topological polar surface area (TPSA) is 15.3 Å². The van der Waals surface area contributed by atoms with Crippen molar-refractivity contribution in [3.63, 3.8) is 0 Å². The third-order valence-electron chi connectivity index (χ3n) is 4.48. The minimum absolute atomic E-state index is 0.767. The maximum Gasteiger partial charge on any atom is 0.0111 e. The van der Waals surface area contributed by atoms with E-state index in [0.717, 1.165) is 24.7 Å². The van der Waals surface area contributed by atoms with Crippen LogP contribution in [-0.2, 0) is 6.42 Å². The second-order valence-electron chi connectivity index (χ2n) is 5.50. The van der Waals surface area contributed by atoms with Crippen molar-refractivity contribution in [2.45, 2.75) is 50.2 Å². The second kappa shape index (κ2) is 5.09. The van der Waals surface area contributed by atoms with Crippen LogP contribution < -0.4 is 5.32 Å². The molecule has 0 spiro atoms. The number of rotatable bonds is 4. The van der Waals surface area contributed by atoms with Gasteiger partial charge in [0.25, 0.3) is 0 Å². The zero-order chi connectivity index (χ0) is 11.7. The predicted octanol–water partition coefficient (Wildman–Crippen LogP) is 2.51. The van der Waals surface area contributed by atoms with Gasteiger partial charge < -0.3 is 10.2 Å². The minimum atomic E-state index is 0.767. The zero-order valence-electron chi connectivity index (χ0n) is 10.6. The molecule has 0 aliphatic carbocycles.